The zero-order valence-corrected chi connectivity index (χ0v) is 7.61. The molecule has 0 radical (unpaired) electrons. The van der Waals surface area contributed by atoms with E-state index in [4.69, 9.17) is 5.73 Å². The Labute approximate surface area is 73.6 Å². The van der Waals surface area contributed by atoms with Crippen molar-refractivity contribution in [2.45, 2.75) is 38.8 Å². The highest BCUT2D eigenvalue weighted by Crippen LogP contribution is 2.00. The van der Waals surface area contributed by atoms with Gasteiger partial charge in [0.15, 0.2) is 0 Å². The van der Waals surface area contributed by atoms with E-state index in [1.807, 2.05) is 18.7 Å². The summed E-state index contributed by atoms with van der Waals surface area (Å²) in [6.07, 6.45) is 9.17. The normalized spacial score (nSPS) is 13.2. The van der Waals surface area contributed by atoms with Crippen LogP contribution in [0.2, 0.25) is 0 Å². The monoisotopic (exact) mass is 167 g/mol. The van der Waals surface area contributed by atoms with E-state index in [1.54, 1.807) is 0 Å². The number of hydrogen-bond donors (Lipinski definition) is 1. The van der Waals surface area contributed by atoms with E-state index < -0.39 is 0 Å². The summed E-state index contributed by atoms with van der Waals surface area (Å²) in [5, 5.41) is 0. The fourth-order valence-electron chi connectivity index (χ4n) is 1.18. The first-order chi connectivity index (χ1) is 5.79. The number of aryl methyl sites for hydroxylation is 1. The maximum absolute atomic E-state index is 5.63. The van der Waals surface area contributed by atoms with Crippen LogP contribution in [0, 0.1) is 0 Å². The van der Waals surface area contributed by atoms with Gasteiger partial charge in [-0.2, -0.15) is 0 Å². The molecule has 0 amide bonds. The largest absolute Gasteiger partial charge is 0.337 e. The molecule has 0 spiro atoms. The Morgan fingerprint density at radius 3 is 2.92 bits per heavy atom. The lowest BCUT2D eigenvalue weighted by atomic mass is 10.1. The third-order valence-corrected chi connectivity index (χ3v) is 1.88. The summed E-state index contributed by atoms with van der Waals surface area (Å²) in [7, 11) is 0. The maximum atomic E-state index is 5.63. The average molecular weight is 167 g/mol. The number of rotatable bonds is 5. The van der Waals surface area contributed by atoms with Crippen LogP contribution < -0.4 is 5.73 Å². The van der Waals surface area contributed by atoms with Crippen molar-refractivity contribution in [1.29, 1.82) is 0 Å². The minimum absolute atomic E-state index is 0.341. The number of imidazole rings is 1. The molecular formula is C9H17N3. The third-order valence-electron chi connectivity index (χ3n) is 1.88. The molecule has 0 aliphatic rings. The fourth-order valence-corrected chi connectivity index (χ4v) is 1.18. The highest BCUT2D eigenvalue weighted by molar-refractivity contribution is 4.73. The van der Waals surface area contributed by atoms with Gasteiger partial charge in [-0.25, -0.2) is 4.98 Å². The highest BCUT2D eigenvalue weighted by Gasteiger charge is 1.94. The van der Waals surface area contributed by atoms with Gasteiger partial charge in [0, 0.05) is 25.0 Å². The Hall–Kier alpha value is -0.830. The maximum Gasteiger partial charge on any atom is 0.0945 e. The molecule has 1 rings (SSSR count). The van der Waals surface area contributed by atoms with E-state index in [1.165, 1.54) is 12.8 Å². The van der Waals surface area contributed by atoms with E-state index in [2.05, 4.69) is 16.5 Å². The number of unbranched alkanes of at least 4 members (excludes halogenated alkanes) is 1. The van der Waals surface area contributed by atoms with Crippen molar-refractivity contribution >= 4 is 0 Å². The van der Waals surface area contributed by atoms with Crippen LogP contribution in [0.15, 0.2) is 18.7 Å². The lowest BCUT2D eigenvalue weighted by molar-refractivity contribution is 0.549. The topological polar surface area (TPSA) is 43.8 Å². The summed E-state index contributed by atoms with van der Waals surface area (Å²) in [5.74, 6) is 0. The van der Waals surface area contributed by atoms with Gasteiger partial charge in [-0.05, 0) is 19.8 Å². The number of nitrogens with two attached hydrogens (primary N) is 1. The second-order valence-corrected chi connectivity index (χ2v) is 3.27. The van der Waals surface area contributed by atoms with Crippen LogP contribution in [0.4, 0.5) is 0 Å². The van der Waals surface area contributed by atoms with E-state index in [0.717, 1.165) is 13.0 Å². The molecule has 3 heteroatoms. The molecule has 3 nitrogen and oxygen atoms in total. The number of aromatic nitrogens is 2. The van der Waals surface area contributed by atoms with Crippen molar-refractivity contribution in [3.05, 3.63) is 18.7 Å². The first-order valence-corrected chi connectivity index (χ1v) is 4.50. The van der Waals surface area contributed by atoms with Crippen LogP contribution in [-0.4, -0.2) is 15.6 Å². The summed E-state index contributed by atoms with van der Waals surface area (Å²) in [4.78, 5) is 3.97. The van der Waals surface area contributed by atoms with Gasteiger partial charge in [0.2, 0.25) is 0 Å². The predicted octanol–water partition coefficient (Wildman–Crippen LogP) is 1.40. The standard InChI is InChI=1S/C9H17N3/c1-9(10)4-2-3-6-12-7-5-11-8-12/h5,7-9H,2-4,6,10H2,1H3. The van der Waals surface area contributed by atoms with Crippen LogP contribution in [0.5, 0.6) is 0 Å². The van der Waals surface area contributed by atoms with Gasteiger partial charge >= 0.3 is 0 Å². The zero-order chi connectivity index (χ0) is 8.81. The molecule has 68 valence electrons. The van der Waals surface area contributed by atoms with Crippen molar-refractivity contribution in [3.8, 4) is 0 Å². The predicted molar refractivity (Wildman–Crippen MR) is 49.7 cm³/mol. The molecule has 2 N–H and O–H groups in total. The lowest BCUT2D eigenvalue weighted by Crippen LogP contribution is -2.14. The van der Waals surface area contributed by atoms with Gasteiger partial charge in [-0.15, -0.1) is 0 Å². The molecule has 0 aromatic carbocycles. The Kier molecular flexibility index (Phi) is 3.80. The van der Waals surface area contributed by atoms with Crippen molar-refractivity contribution in [2.24, 2.45) is 5.73 Å². The van der Waals surface area contributed by atoms with Crippen molar-refractivity contribution in [2.75, 3.05) is 0 Å². The van der Waals surface area contributed by atoms with Crippen molar-refractivity contribution < 1.29 is 0 Å². The van der Waals surface area contributed by atoms with Gasteiger partial charge < -0.3 is 10.3 Å². The molecule has 0 saturated carbocycles. The van der Waals surface area contributed by atoms with Crippen LogP contribution >= 0.6 is 0 Å². The molecule has 1 aromatic rings. The molecule has 1 unspecified atom stereocenters. The second-order valence-electron chi connectivity index (χ2n) is 3.27. The van der Waals surface area contributed by atoms with Crippen LogP contribution in [-0.2, 0) is 6.54 Å². The Balaban J connectivity index is 2.04. The number of nitrogens with zero attached hydrogens (tertiary/aromatic N) is 2. The van der Waals surface area contributed by atoms with Crippen molar-refractivity contribution in [3.63, 3.8) is 0 Å². The third kappa shape index (κ3) is 3.53. The molecular weight excluding hydrogens is 150 g/mol. The molecule has 0 fully saturated rings. The molecule has 0 saturated heterocycles. The SMILES string of the molecule is CC(N)CCCCn1ccnc1. The van der Waals surface area contributed by atoms with Crippen molar-refractivity contribution in [1.82, 2.24) is 9.55 Å². The lowest BCUT2D eigenvalue weighted by Gasteiger charge is -2.04. The summed E-state index contributed by atoms with van der Waals surface area (Å²) < 4.78 is 2.10. The smallest absolute Gasteiger partial charge is 0.0945 e. The quantitative estimate of drug-likeness (QED) is 0.674. The summed E-state index contributed by atoms with van der Waals surface area (Å²) in [6.45, 7) is 3.12. The van der Waals surface area contributed by atoms with Crippen LogP contribution in [0.3, 0.4) is 0 Å². The minimum atomic E-state index is 0.341. The minimum Gasteiger partial charge on any atom is -0.337 e. The van der Waals surface area contributed by atoms with Gasteiger partial charge in [-0.1, -0.05) is 6.42 Å². The Bertz CT molecular complexity index is 192. The number of hydrogen-bond acceptors (Lipinski definition) is 2. The molecule has 12 heavy (non-hydrogen) atoms. The Morgan fingerprint density at radius 1 is 1.50 bits per heavy atom. The highest BCUT2D eigenvalue weighted by atomic mass is 15.0. The first-order valence-electron chi connectivity index (χ1n) is 4.50. The van der Waals surface area contributed by atoms with Gasteiger partial charge in [0.25, 0.3) is 0 Å². The molecule has 0 aliphatic carbocycles. The summed E-state index contributed by atoms with van der Waals surface area (Å²) in [5.41, 5.74) is 5.63. The Morgan fingerprint density at radius 2 is 2.33 bits per heavy atom. The van der Waals surface area contributed by atoms with Gasteiger partial charge in [-0.3, -0.25) is 0 Å². The van der Waals surface area contributed by atoms with Gasteiger partial charge in [0.1, 0.15) is 0 Å². The van der Waals surface area contributed by atoms with E-state index >= 15 is 0 Å². The second kappa shape index (κ2) is 4.93. The van der Waals surface area contributed by atoms with Gasteiger partial charge in [0.05, 0.1) is 6.33 Å². The van der Waals surface area contributed by atoms with E-state index in [9.17, 15) is 0 Å². The molecule has 1 atom stereocenters. The zero-order valence-electron chi connectivity index (χ0n) is 7.61. The summed E-state index contributed by atoms with van der Waals surface area (Å²) in [6, 6.07) is 0.341. The average Bonchev–Trinajstić information content (AvgIpc) is 2.49. The first kappa shape index (κ1) is 9.26. The molecule has 0 aliphatic heterocycles. The fraction of sp³-hybridized carbons (Fsp3) is 0.667. The molecule has 1 heterocycles. The van der Waals surface area contributed by atoms with E-state index in [-0.39, 0.29) is 0 Å². The van der Waals surface area contributed by atoms with E-state index in [0.29, 0.717) is 6.04 Å². The summed E-state index contributed by atoms with van der Waals surface area (Å²) >= 11 is 0. The molecule has 1 aromatic heterocycles. The molecule has 0 bridgehead atoms. The van der Waals surface area contributed by atoms with Crippen LogP contribution in [0.1, 0.15) is 26.2 Å². The van der Waals surface area contributed by atoms with Crippen LogP contribution in [0.25, 0.3) is 0 Å².